The second-order valence-corrected chi connectivity index (χ2v) is 6.96. The number of halogens is 1. The summed E-state index contributed by atoms with van der Waals surface area (Å²) in [4.78, 5) is 0. The zero-order chi connectivity index (χ0) is 11.3. The van der Waals surface area contributed by atoms with Gasteiger partial charge in [0.2, 0.25) is 0 Å². The van der Waals surface area contributed by atoms with Gasteiger partial charge in [-0.2, -0.15) is 0 Å². The van der Waals surface area contributed by atoms with E-state index in [1.54, 1.807) is 11.1 Å². The Hall–Kier alpha value is 0.466. The average Bonchev–Trinajstić information content (AvgIpc) is 2.13. The molecular formula is C14H19BrMg. The normalized spacial score (nSPS) is 20.9. The van der Waals surface area contributed by atoms with Crippen LogP contribution in [0.4, 0.5) is 0 Å². The molecule has 0 saturated carbocycles. The third-order valence-corrected chi connectivity index (χ3v) is 4.36. The SMILES string of the molecule is CC1(C)CCC(C)(C)c2c[c]([Mg+])ccc21.[Br-]. The maximum absolute atomic E-state index is 2.40. The molecule has 84 valence electrons. The average molecular weight is 292 g/mol. The number of hydrogen-bond acceptors (Lipinski definition) is 0. The van der Waals surface area contributed by atoms with Crippen molar-refractivity contribution in [1.82, 2.24) is 0 Å². The fourth-order valence-corrected chi connectivity index (χ4v) is 2.96. The van der Waals surface area contributed by atoms with E-state index >= 15 is 0 Å². The van der Waals surface area contributed by atoms with Crippen molar-refractivity contribution in [2.24, 2.45) is 0 Å². The largest absolute Gasteiger partial charge is 1.00 e. The molecule has 1 aromatic rings. The first-order chi connectivity index (χ1) is 6.83. The number of rotatable bonds is 0. The van der Waals surface area contributed by atoms with Crippen LogP contribution in [0, 0.1) is 0 Å². The molecule has 0 aromatic heterocycles. The molecule has 0 saturated heterocycles. The summed E-state index contributed by atoms with van der Waals surface area (Å²) in [7, 11) is 0. The van der Waals surface area contributed by atoms with Gasteiger partial charge in [-0.3, -0.25) is 0 Å². The maximum Gasteiger partial charge on any atom is -1.00 e. The molecule has 0 amide bonds. The van der Waals surface area contributed by atoms with E-state index in [1.807, 2.05) is 21.7 Å². The first kappa shape index (κ1) is 14.5. The molecule has 16 heavy (non-hydrogen) atoms. The Morgan fingerprint density at radius 2 is 1.44 bits per heavy atom. The summed E-state index contributed by atoms with van der Waals surface area (Å²) >= 11 is 1.99. The van der Waals surface area contributed by atoms with Crippen LogP contribution in [0.5, 0.6) is 0 Å². The Kier molecular flexibility index (Phi) is 4.20. The number of benzene rings is 1. The minimum absolute atomic E-state index is 0. The molecule has 0 N–H and O–H groups in total. The van der Waals surface area contributed by atoms with Crippen molar-refractivity contribution in [3.63, 3.8) is 0 Å². The number of hydrogen-bond donors (Lipinski definition) is 0. The van der Waals surface area contributed by atoms with Gasteiger partial charge in [-0.1, -0.05) is 0 Å². The van der Waals surface area contributed by atoms with Crippen LogP contribution in [0.3, 0.4) is 0 Å². The van der Waals surface area contributed by atoms with Gasteiger partial charge < -0.3 is 17.0 Å². The van der Waals surface area contributed by atoms with Gasteiger partial charge in [0, 0.05) is 0 Å². The minimum atomic E-state index is 0. The van der Waals surface area contributed by atoms with Crippen LogP contribution < -0.4 is 20.7 Å². The molecule has 2 rings (SSSR count). The van der Waals surface area contributed by atoms with E-state index in [0.29, 0.717) is 10.8 Å². The molecule has 0 nitrogen and oxygen atoms in total. The topological polar surface area (TPSA) is 0 Å². The molecule has 0 unspecified atom stereocenters. The minimum Gasteiger partial charge on any atom is -1.00 e. The van der Waals surface area contributed by atoms with Crippen LogP contribution in [0.1, 0.15) is 51.7 Å². The molecular weight excluding hydrogens is 272 g/mol. The van der Waals surface area contributed by atoms with E-state index in [9.17, 15) is 0 Å². The third kappa shape index (κ3) is 2.49. The van der Waals surface area contributed by atoms with Crippen molar-refractivity contribution < 1.29 is 17.0 Å². The van der Waals surface area contributed by atoms with Gasteiger partial charge in [0.15, 0.2) is 0 Å². The predicted octanol–water partition coefficient (Wildman–Crippen LogP) is -0.167. The van der Waals surface area contributed by atoms with E-state index < -0.39 is 0 Å². The van der Waals surface area contributed by atoms with Crippen LogP contribution in [-0.2, 0) is 10.8 Å². The molecule has 0 fully saturated rings. The van der Waals surface area contributed by atoms with E-state index in [2.05, 4.69) is 45.9 Å². The maximum atomic E-state index is 2.40. The second kappa shape index (κ2) is 4.62. The van der Waals surface area contributed by atoms with Crippen molar-refractivity contribution in [2.75, 3.05) is 0 Å². The smallest absolute Gasteiger partial charge is 1.00 e. The van der Waals surface area contributed by atoms with Gasteiger partial charge in [0.25, 0.3) is 0 Å². The molecule has 1 aliphatic rings. The molecule has 0 radical (unpaired) electrons. The van der Waals surface area contributed by atoms with Crippen molar-refractivity contribution >= 4 is 25.4 Å². The van der Waals surface area contributed by atoms with Gasteiger partial charge >= 0.3 is 106 Å². The molecule has 0 aliphatic heterocycles. The summed E-state index contributed by atoms with van der Waals surface area (Å²) in [5.41, 5.74) is 3.86. The van der Waals surface area contributed by atoms with Crippen LogP contribution in [0.25, 0.3) is 0 Å². The summed E-state index contributed by atoms with van der Waals surface area (Å²) in [6, 6.07) is 7.01. The Balaban J connectivity index is 0.00000128. The third-order valence-electron chi connectivity index (χ3n) is 3.92. The quantitative estimate of drug-likeness (QED) is 0.583. The van der Waals surface area contributed by atoms with Gasteiger partial charge in [-0.05, 0) is 0 Å². The molecule has 0 heterocycles. The van der Waals surface area contributed by atoms with Gasteiger partial charge in [0.1, 0.15) is 0 Å². The summed E-state index contributed by atoms with van der Waals surface area (Å²) in [5.74, 6) is 0. The summed E-state index contributed by atoms with van der Waals surface area (Å²) < 4.78 is 1.42. The predicted molar refractivity (Wildman–Crippen MR) is 67.1 cm³/mol. The number of fused-ring (bicyclic) bond motifs is 1. The standard InChI is InChI=1S/C14H19.BrH.Mg/c1-13(2)9-10-14(3,4)12-8-6-5-7-11(12)13;;/h5,7-8H,9-10H2,1-4H3;1H;/q;;+1/p-1. The summed E-state index contributed by atoms with van der Waals surface area (Å²) in [6.07, 6.45) is 2.61. The van der Waals surface area contributed by atoms with E-state index in [4.69, 9.17) is 0 Å². The fourth-order valence-electron chi connectivity index (χ4n) is 2.64. The van der Waals surface area contributed by atoms with Crippen LogP contribution in [0.2, 0.25) is 0 Å². The molecule has 0 spiro atoms. The summed E-state index contributed by atoms with van der Waals surface area (Å²) in [6.45, 7) is 9.50. The van der Waals surface area contributed by atoms with Crippen molar-refractivity contribution in [2.45, 2.75) is 51.4 Å². The zero-order valence-electron chi connectivity index (χ0n) is 10.7. The van der Waals surface area contributed by atoms with Gasteiger partial charge in [-0.25, -0.2) is 0 Å². The van der Waals surface area contributed by atoms with Crippen molar-refractivity contribution in [1.29, 1.82) is 0 Å². The molecule has 0 atom stereocenters. The first-order valence-electron chi connectivity index (χ1n) is 5.80. The van der Waals surface area contributed by atoms with Crippen molar-refractivity contribution in [3.05, 3.63) is 29.3 Å². The van der Waals surface area contributed by atoms with Crippen molar-refractivity contribution in [3.8, 4) is 0 Å². The second-order valence-electron chi connectivity index (χ2n) is 6.15. The Morgan fingerprint density at radius 1 is 0.938 bits per heavy atom. The molecule has 1 aromatic carbocycles. The molecule has 2 heteroatoms. The molecule has 1 aliphatic carbocycles. The Labute approximate surface area is 122 Å². The Bertz CT molecular complexity index is 394. The van der Waals surface area contributed by atoms with Gasteiger partial charge in [0.05, 0.1) is 0 Å². The monoisotopic (exact) mass is 290 g/mol. The summed E-state index contributed by atoms with van der Waals surface area (Å²) in [5, 5.41) is 0. The fraction of sp³-hybridized carbons (Fsp3) is 0.571. The Morgan fingerprint density at radius 3 is 2.00 bits per heavy atom. The molecule has 0 bridgehead atoms. The zero-order valence-corrected chi connectivity index (χ0v) is 13.7. The van der Waals surface area contributed by atoms with E-state index in [-0.39, 0.29) is 17.0 Å². The van der Waals surface area contributed by atoms with E-state index in [1.165, 1.54) is 16.5 Å². The van der Waals surface area contributed by atoms with Crippen LogP contribution in [-0.4, -0.2) is 21.7 Å². The van der Waals surface area contributed by atoms with Gasteiger partial charge in [-0.15, -0.1) is 0 Å². The first-order valence-corrected chi connectivity index (χ1v) is 6.51. The van der Waals surface area contributed by atoms with E-state index in [0.717, 1.165) is 0 Å². The van der Waals surface area contributed by atoms with Crippen LogP contribution >= 0.6 is 0 Å². The van der Waals surface area contributed by atoms with Crippen LogP contribution in [0.15, 0.2) is 18.2 Å².